The van der Waals surface area contributed by atoms with Crippen LogP contribution in [0.2, 0.25) is 0 Å². The number of aliphatic hydroxyl groups excluding tert-OH is 1. The fourth-order valence-electron chi connectivity index (χ4n) is 4.34. The number of benzene rings is 1. The number of aliphatic carboxylic acids is 1. The van der Waals surface area contributed by atoms with Gasteiger partial charge in [0.15, 0.2) is 0 Å². The average molecular weight is 377 g/mol. The Balaban J connectivity index is 0.00000210. The molecule has 1 aromatic carbocycles. The predicted molar refractivity (Wildman–Crippen MR) is 92.9 cm³/mol. The van der Waals surface area contributed by atoms with E-state index >= 15 is 0 Å². The molecule has 1 fully saturated rings. The van der Waals surface area contributed by atoms with Gasteiger partial charge in [-0.1, -0.05) is 18.2 Å². The second-order valence-corrected chi connectivity index (χ2v) is 7.14. The summed E-state index contributed by atoms with van der Waals surface area (Å²) in [5.41, 5.74) is 2.37. The molecule has 0 unspecified atom stereocenters. The number of carboxylic acid groups (broad SMARTS) is 1. The number of nitrogens with zero attached hydrogens (tertiary/aromatic N) is 3. The van der Waals surface area contributed by atoms with Crippen molar-refractivity contribution in [2.45, 2.75) is 44.9 Å². The maximum atomic E-state index is 12.4. The Morgan fingerprint density at radius 3 is 2.56 bits per heavy atom. The second kappa shape index (κ2) is 7.39. The molecular weight excluding hydrogens is 357 g/mol. The third-order valence-electron chi connectivity index (χ3n) is 5.44. The van der Waals surface area contributed by atoms with E-state index in [1.165, 1.54) is 4.90 Å². The Morgan fingerprint density at radius 1 is 1.30 bits per heavy atom. The van der Waals surface area contributed by atoms with Crippen LogP contribution in [0.3, 0.4) is 0 Å². The zero-order chi connectivity index (χ0) is 18.6. The summed E-state index contributed by atoms with van der Waals surface area (Å²) in [5, 5.41) is 28.1. The predicted octanol–water partition coefficient (Wildman–Crippen LogP) is -2.74. The molecule has 0 radical (unpaired) electrons. The van der Waals surface area contributed by atoms with Crippen molar-refractivity contribution in [2.24, 2.45) is 11.0 Å². The standard InChI is InChI=1S/C19H21N3O4.Na/c1-10-8-14(22(20-10)12-6-4-3-5-7-12)13-9-15-16(11(2)23)18(24)21(15)17(13)19(25)26;/h3-7,11,14-16,23H,8-9H2,1-2H3,(H,25,26);/q;+1/p-1/t11-,14-,15-,16-;/m1./s1. The van der Waals surface area contributed by atoms with Crippen molar-refractivity contribution in [3.8, 4) is 0 Å². The number of hydrazone groups is 1. The summed E-state index contributed by atoms with van der Waals surface area (Å²) in [4.78, 5) is 25.5. The van der Waals surface area contributed by atoms with Crippen molar-refractivity contribution in [2.75, 3.05) is 5.01 Å². The van der Waals surface area contributed by atoms with Gasteiger partial charge in [-0.25, -0.2) is 0 Å². The van der Waals surface area contributed by atoms with Crippen LogP contribution in [0.15, 0.2) is 46.7 Å². The zero-order valence-electron chi connectivity index (χ0n) is 15.6. The number of carbonyl (C=O) groups excluding carboxylic acids is 2. The van der Waals surface area contributed by atoms with Crippen LogP contribution in [-0.4, -0.2) is 45.8 Å². The monoisotopic (exact) mass is 377 g/mol. The molecule has 0 spiro atoms. The van der Waals surface area contributed by atoms with Crippen molar-refractivity contribution < 1.29 is 49.4 Å². The molecule has 8 heteroatoms. The summed E-state index contributed by atoms with van der Waals surface area (Å²) in [5.74, 6) is -2.26. The number of aliphatic hydroxyl groups is 1. The van der Waals surface area contributed by atoms with Gasteiger partial charge in [-0.15, -0.1) is 0 Å². The normalized spacial score (nSPS) is 27.7. The molecule has 1 N–H and O–H groups in total. The largest absolute Gasteiger partial charge is 1.00 e. The number of carboxylic acids is 1. The van der Waals surface area contributed by atoms with Gasteiger partial charge in [-0.05, 0) is 38.0 Å². The maximum absolute atomic E-state index is 12.4. The van der Waals surface area contributed by atoms with Crippen LogP contribution in [0.4, 0.5) is 5.69 Å². The summed E-state index contributed by atoms with van der Waals surface area (Å²) in [7, 11) is 0. The topological polar surface area (TPSA) is 96.3 Å². The summed E-state index contributed by atoms with van der Waals surface area (Å²) in [6.45, 7) is 3.47. The first-order chi connectivity index (χ1) is 12.4. The van der Waals surface area contributed by atoms with E-state index in [0.717, 1.165) is 11.4 Å². The van der Waals surface area contributed by atoms with Gasteiger partial charge >= 0.3 is 29.6 Å². The summed E-state index contributed by atoms with van der Waals surface area (Å²) < 4.78 is 0. The van der Waals surface area contributed by atoms with Gasteiger partial charge in [0.25, 0.3) is 0 Å². The zero-order valence-corrected chi connectivity index (χ0v) is 17.6. The molecule has 3 aliphatic rings. The number of amides is 1. The Bertz CT molecular complexity index is 837. The maximum Gasteiger partial charge on any atom is 1.00 e. The Labute approximate surface area is 179 Å². The first-order valence-electron chi connectivity index (χ1n) is 8.74. The second-order valence-electron chi connectivity index (χ2n) is 7.14. The van der Waals surface area contributed by atoms with E-state index in [2.05, 4.69) is 5.10 Å². The van der Waals surface area contributed by atoms with Crippen LogP contribution in [0.25, 0.3) is 0 Å². The SMILES string of the molecule is CC1=NN(c2ccccc2)[C@@H](C2=C(C(=O)[O-])N3C(=O)[C@H]([C@@H](C)O)[C@H]3C2)C1.[Na+]. The summed E-state index contributed by atoms with van der Waals surface area (Å²) in [6, 6.07) is 8.97. The molecule has 0 aliphatic carbocycles. The molecule has 136 valence electrons. The van der Waals surface area contributed by atoms with Crippen molar-refractivity contribution in [1.82, 2.24) is 4.90 Å². The summed E-state index contributed by atoms with van der Waals surface area (Å²) >= 11 is 0. The Hall–Kier alpha value is -1.67. The molecule has 1 aromatic rings. The molecule has 1 saturated heterocycles. The van der Waals surface area contributed by atoms with Gasteiger partial charge in [0.2, 0.25) is 5.91 Å². The number of carbonyl (C=O) groups is 2. The van der Waals surface area contributed by atoms with Crippen molar-refractivity contribution in [3.63, 3.8) is 0 Å². The Morgan fingerprint density at radius 2 is 1.96 bits per heavy atom. The van der Waals surface area contributed by atoms with Gasteiger partial charge < -0.3 is 19.9 Å². The van der Waals surface area contributed by atoms with Gasteiger partial charge in [-0.2, -0.15) is 5.10 Å². The molecule has 0 saturated carbocycles. The molecule has 1 amide bonds. The first kappa shape index (κ1) is 20.1. The van der Waals surface area contributed by atoms with Crippen LogP contribution in [-0.2, 0) is 9.59 Å². The van der Waals surface area contributed by atoms with E-state index in [-0.39, 0.29) is 53.2 Å². The molecule has 27 heavy (non-hydrogen) atoms. The van der Waals surface area contributed by atoms with E-state index in [1.807, 2.05) is 42.3 Å². The van der Waals surface area contributed by atoms with Gasteiger partial charge in [0.1, 0.15) is 0 Å². The first-order valence-corrected chi connectivity index (χ1v) is 8.74. The average Bonchev–Trinajstić information content (AvgIpc) is 3.13. The minimum absolute atomic E-state index is 0. The number of hydrogen-bond donors (Lipinski definition) is 1. The number of anilines is 1. The molecular formula is C19H20N3NaO4. The fraction of sp³-hybridized carbons (Fsp3) is 0.421. The van der Waals surface area contributed by atoms with E-state index < -0.39 is 18.0 Å². The molecule has 0 aromatic heterocycles. The molecule has 3 heterocycles. The minimum Gasteiger partial charge on any atom is -0.543 e. The number of rotatable bonds is 4. The number of fused-ring (bicyclic) bond motifs is 1. The quantitative estimate of drug-likeness (QED) is 0.454. The molecule has 4 atom stereocenters. The summed E-state index contributed by atoms with van der Waals surface area (Å²) in [6.07, 6.45) is 0.203. The Kier molecular flexibility index (Phi) is 5.49. The smallest absolute Gasteiger partial charge is 0.543 e. The third-order valence-corrected chi connectivity index (χ3v) is 5.44. The minimum atomic E-state index is -1.35. The van der Waals surface area contributed by atoms with Crippen molar-refractivity contribution >= 4 is 23.3 Å². The van der Waals surface area contributed by atoms with E-state index in [0.29, 0.717) is 18.4 Å². The van der Waals surface area contributed by atoms with Gasteiger partial charge in [-0.3, -0.25) is 9.80 Å². The van der Waals surface area contributed by atoms with Crippen LogP contribution in [0.5, 0.6) is 0 Å². The van der Waals surface area contributed by atoms with Gasteiger partial charge in [0.05, 0.1) is 41.5 Å². The number of para-hydroxylation sites is 1. The van der Waals surface area contributed by atoms with E-state index in [9.17, 15) is 19.8 Å². The van der Waals surface area contributed by atoms with E-state index in [1.54, 1.807) is 6.92 Å². The van der Waals surface area contributed by atoms with Crippen molar-refractivity contribution in [3.05, 3.63) is 41.6 Å². The van der Waals surface area contributed by atoms with E-state index in [4.69, 9.17) is 0 Å². The van der Waals surface area contributed by atoms with Crippen LogP contribution in [0, 0.1) is 5.92 Å². The van der Waals surface area contributed by atoms with Crippen molar-refractivity contribution in [1.29, 1.82) is 0 Å². The van der Waals surface area contributed by atoms with Gasteiger partial charge in [0, 0.05) is 12.1 Å². The molecule has 7 nitrogen and oxygen atoms in total. The fourth-order valence-corrected chi connectivity index (χ4v) is 4.34. The number of hydrogen-bond acceptors (Lipinski definition) is 6. The number of β-lactam (4-membered cyclic amide) rings is 1. The van der Waals surface area contributed by atoms with Crippen LogP contribution >= 0.6 is 0 Å². The van der Waals surface area contributed by atoms with Crippen LogP contribution in [0.1, 0.15) is 26.7 Å². The molecule has 4 rings (SSSR count). The van der Waals surface area contributed by atoms with Crippen LogP contribution < -0.4 is 39.7 Å². The third kappa shape index (κ3) is 3.12. The molecule has 0 bridgehead atoms. The molecule has 3 aliphatic heterocycles.